The average molecular weight is 267 g/mol. The lowest BCUT2D eigenvalue weighted by Gasteiger charge is -2.28. The van der Waals surface area contributed by atoms with E-state index in [9.17, 15) is 9.90 Å². The number of benzene rings is 1. The van der Waals surface area contributed by atoms with Crippen molar-refractivity contribution in [3.8, 4) is 5.75 Å². The summed E-state index contributed by atoms with van der Waals surface area (Å²) in [7, 11) is 3.40. The van der Waals surface area contributed by atoms with Crippen molar-refractivity contribution in [2.75, 3.05) is 20.7 Å². The first-order valence-electron chi connectivity index (χ1n) is 6.19. The molecule has 5 heteroatoms. The number of aliphatic hydroxyl groups excluding tert-OH is 1. The molecule has 2 atom stereocenters. The molecule has 1 rings (SSSR count). The molecular formula is C14H21NO4. The summed E-state index contributed by atoms with van der Waals surface area (Å²) in [6, 6.07) is 7.05. The van der Waals surface area contributed by atoms with Gasteiger partial charge in [0.1, 0.15) is 5.75 Å². The Balaban J connectivity index is 2.63. The van der Waals surface area contributed by atoms with Gasteiger partial charge in [-0.1, -0.05) is 12.1 Å². The van der Waals surface area contributed by atoms with Gasteiger partial charge in [0.2, 0.25) is 0 Å². The Morgan fingerprint density at radius 3 is 2.42 bits per heavy atom. The zero-order chi connectivity index (χ0) is 14.4. The highest BCUT2D eigenvalue weighted by atomic mass is 16.5. The highest BCUT2D eigenvalue weighted by molar-refractivity contribution is 5.66. The van der Waals surface area contributed by atoms with Crippen LogP contribution in [0.4, 0.5) is 0 Å². The van der Waals surface area contributed by atoms with E-state index in [-0.39, 0.29) is 12.5 Å². The van der Waals surface area contributed by atoms with Crippen LogP contribution in [0, 0.1) is 0 Å². The molecule has 0 heterocycles. The smallest absolute Gasteiger partial charge is 0.304 e. The van der Waals surface area contributed by atoms with Crippen LogP contribution in [0.2, 0.25) is 0 Å². The van der Waals surface area contributed by atoms with Crippen molar-refractivity contribution in [2.24, 2.45) is 0 Å². The van der Waals surface area contributed by atoms with Crippen molar-refractivity contribution < 1.29 is 19.7 Å². The summed E-state index contributed by atoms with van der Waals surface area (Å²) in [6.07, 6.45) is -0.597. The lowest BCUT2D eigenvalue weighted by Crippen LogP contribution is -2.35. The molecule has 106 valence electrons. The van der Waals surface area contributed by atoms with Gasteiger partial charge in [-0.15, -0.1) is 0 Å². The van der Waals surface area contributed by atoms with Gasteiger partial charge in [-0.05, 0) is 31.7 Å². The van der Waals surface area contributed by atoms with E-state index in [4.69, 9.17) is 9.84 Å². The molecule has 0 aromatic heterocycles. The van der Waals surface area contributed by atoms with Crippen LogP contribution >= 0.6 is 0 Å². The predicted molar refractivity (Wildman–Crippen MR) is 72.3 cm³/mol. The average Bonchev–Trinajstić information content (AvgIpc) is 2.43. The third-order valence-electron chi connectivity index (χ3n) is 3.29. The van der Waals surface area contributed by atoms with Crippen LogP contribution in [0.5, 0.6) is 5.75 Å². The molecule has 0 amide bonds. The third kappa shape index (κ3) is 4.54. The predicted octanol–water partition coefficient (Wildman–Crippen LogP) is 1.52. The maximum atomic E-state index is 10.5. The first-order valence-corrected chi connectivity index (χ1v) is 6.19. The zero-order valence-electron chi connectivity index (χ0n) is 11.5. The quantitative estimate of drug-likeness (QED) is 0.784. The summed E-state index contributed by atoms with van der Waals surface area (Å²) in [4.78, 5) is 12.4. The Kier molecular flexibility index (Phi) is 5.79. The molecule has 0 bridgehead atoms. The van der Waals surface area contributed by atoms with E-state index in [1.54, 1.807) is 26.3 Å². The number of carboxylic acid groups (broad SMARTS) is 1. The lowest BCUT2D eigenvalue weighted by atomic mass is 10.0. The van der Waals surface area contributed by atoms with Crippen LogP contribution in [0.1, 0.15) is 25.0 Å². The van der Waals surface area contributed by atoms with Crippen LogP contribution in [0.3, 0.4) is 0 Å². The summed E-state index contributed by atoms with van der Waals surface area (Å²) in [5.74, 6) is -0.0965. The minimum atomic E-state index is -0.835. The molecule has 0 spiro atoms. The Morgan fingerprint density at radius 1 is 1.37 bits per heavy atom. The monoisotopic (exact) mass is 267 g/mol. The number of nitrogens with zero attached hydrogens (tertiary/aromatic N) is 1. The summed E-state index contributed by atoms with van der Waals surface area (Å²) in [5, 5.41) is 18.9. The number of rotatable bonds is 7. The first-order chi connectivity index (χ1) is 8.95. The largest absolute Gasteiger partial charge is 0.497 e. The number of hydrogen-bond donors (Lipinski definition) is 2. The number of methoxy groups -OCH3 is 1. The molecule has 2 unspecified atom stereocenters. The minimum absolute atomic E-state index is 0.0656. The van der Waals surface area contributed by atoms with Gasteiger partial charge in [-0.25, -0.2) is 0 Å². The molecule has 0 fully saturated rings. The molecule has 5 nitrogen and oxygen atoms in total. The van der Waals surface area contributed by atoms with Crippen LogP contribution in [0.15, 0.2) is 24.3 Å². The molecule has 0 saturated heterocycles. The van der Waals surface area contributed by atoms with Crippen molar-refractivity contribution in [1.82, 2.24) is 4.90 Å². The van der Waals surface area contributed by atoms with Crippen LogP contribution in [0.25, 0.3) is 0 Å². The van der Waals surface area contributed by atoms with E-state index in [2.05, 4.69) is 0 Å². The van der Waals surface area contributed by atoms with Gasteiger partial charge in [0.05, 0.1) is 19.6 Å². The van der Waals surface area contributed by atoms with Crippen LogP contribution in [-0.2, 0) is 4.79 Å². The van der Waals surface area contributed by atoms with E-state index in [0.29, 0.717) is 6.54 Å². The first kappa shape index (κ1) is 15.5. The lowest BCUT2D eigenvalue weighted by molar-refractivity contribution is -0.137. The number of aliphatic carboxylic acids is 1. The van der Waals surface area contributed by atoms with Gasteiger partial charge in [0, 0.05) is 12.6 Å². The highest BCUT2D eigenvalue weighted by Crippen LogP contribution is 2.22. The standard InChI is InChI=1S/C14H21NO4/c1-10(15(2)9-8-13(16)17)14(18)11-4-6-12(19-3)7-5-11/h4-7,10,14,18H,8-9H2,1-3H3,(H,16,17). The Labute approximate surface area is 113 Å². The Bertz CT molecular complexity index is 404. The molecule has 0 aliphatic heterocycles. The van der Waals surface area contributed by atoms with E-state index in [0.717, 1.165) is 11.3 Å². The molecule has 2 N–H and O–H groups in total. The number of hydrogen-bond acceptors (Lipinski definition) is 4. The van der Waals surface area contributed by atoms with Crippen LogP contribution in [-0.4, -0.2) is 47.8 Å². The Hall–Kier alpha value is -1.59. The summed E-state index contributed by atoms with van der Waals surface area (Å²) < 4.78 is 5.06. The SMILES string of the molecule is COc1ccc(C(O)C(C)N(C)CCC(=O)O)cc1. The molecule has 0 radical (unpaired) electrons. The molecule has 0 saturated carbocycles. The van der Waals surface area contributed by atoms with Gasteiger partial charge in [0.25, 0.3) is 0 Å². The van der Waals surface area contributed by atoms with E-state index in [1.165, 1.54) is 0 Å². The molecule has 0 aliphatic carbocycles. The second-order valence-electron chi connectivity index (χ2n) is 4.58. The Morgan fingerprint density at radius 2 is 1.95 bits per heavy atom. The number of carboxylic acids is 1. The molecule has 0 aliphatic rings. The maximum Gasteiger partial charge on any atom is 0.304 e. The van der Waals surface area contributed by atoms with Crippen LogP contribution < -0.4 is 4.74 Å². The zero-order valence-corrected chi connectivity index (χ0v) is 11.5. The summed E-state index contributed by atoms with van der Waals surface area (Å²) >= 11 is 0. The second-order valence-corrected chi connectivity index (χ2v) is 4.58. The second kappa shape index (κ2) is 7.11. The molecule has 1 aromatic carbocycles. The maximum absolute atomic E-state index is 10.5. The topological polar surface area (TPSA) is 70.0 Å². The fourth-order valence-electron chi connectivity index (χ4n) is 1.80. The summed E-state index contributed by atoms with van der Waals surface area (Å²) in [6.45, 7) is 2.28. The molecule has 19 heavy (non-hydrogen) atoms. The normalized spacial score (nSPS) is 14.2. The third-order valence-corrected chi connectivity index (χ3v) is 3.29. The van der Waals surface area contributed by atoms with E-state index < -0.39 is 12.1 Å². The van der Waals surface area contributed by atoms with Gasteiger partial charge in [-0.3, -0.25) is 4.79 Å². The number of likely N-dealkylation sites (N-methyl/N-ethyl adjacent to an activating group) is 1. The highest BCUT2D eigenvalue weighted by Gasteiger charge is 2.20. The van der Waals surface area contributed by atoms with E-state index in [1.807, 2.05) is 24.0 Å². The molecular weight excluding hydrogens is 246 g/mol. The minimum Gasteiger partial charge on any atom is -0.497 e. The van der Waals surface area contributed by atoms with Gasteiger partial charge >= 0.3 is 5.97 Å². The summed E-state index contributed by atoms with van der Waals surface area (Å²) in [5.41, 5.74) is 0.787. The number of carbonyl (C=O) groups is 1. The number of ether oxygens (including phenoxy) is 1. The van der Waals surface area contributed by atoms with Crippen molar-refractivity contribution in [3.05, 3.63) is 29.8 Å². The van der Waals surface area contributed by atoms with Crippen molar-refractivity contribution in [1.29, 1.82) is 0 Å². The molecule has 1 aromatic rings. The number of aliphatic hydroxyl groups is 1. The van der Waals surface area contributed by atoms with Gasteiger partial charge in [0.15, 0.2) is 0 Å². The van der Waals surface area contributed by atoms with Crippen molar-refractivity contribution in [3.63, 3.8) is 0 Å². The van der Waals surface area contributed by atoms with Crippen molar-refractivity contribution in [2.45, 2.75) is 25.5 Å². The van der Waals surface area contributed by atoms with Gasteiger partial charge < -0.3 is 19.8 Å². The van der Waals surface area contributed by atoms with E-state index >= 15 is 0 Å². The van der Waals surface area contributed by atoms with Gasteiger partial charge in [-0.2, -0.15) is 0 Å². The fourth-order valence-corrected chi connectivity index (χ4v) is 1.80. The van der Waals surface area contributed by atoms with Crippen molar-refractivity contribution >= 4 is 5.97 Å². The fraction of sp³-hybridized carbons (Fsp3) is 0.500.